The number of hydrogen-bond acceptors (Lipinski definition) is 5. The number of amides is 1. The molecule has 0 saturated carbocycles. The van der Waals surface area contributed by atoms with Gasteiger partial charge in [-0.1, -0.05) is 6.07 Å². The number of pyridine rings is 1. The highest BCUT2D eigenvalue weighted by Gasteiger charge is 2.32. The molecular weight excluding hydrogens is 395 g/mol. The number of nitrogens with one attached hydrogen (secondary N) is 1. The van der Waals surface area contributed by atoms with Crippen LogP contribution in [0.15, 0.2) is 48.8 Å². The molecule has 1 fully saturated rings. The van der Waals surface area contributed by atoms with Gasteiger partial charge in [0.25, 0.3) is 0 Å². The third-order valence-corrected chi connectivity index (χ3v) is 5.50. The third kappa shape index (κ3) is 7.92. The average molecular weight is 429 g/mol. The highest BCUT2D eigenvalue weighted by Crippen LogP contribution is 2.25. The first-order chi connectivity index (χ1) is 15.0. The first-order valence-corrected chi connectivity index (χ1v) is 10.9. The van der Waals surface area contributed by atoms with Gasteiger partial charge in [-0.25, -0.2) is 4.39 Å². The SMILES string of the molecule is CN(C)CCCNC(=O)[C@@H]1C[C@H](COc2cccc(F)c2)CN(Cc2ccncc2)C1. The first kappa shape index (κ1) is 23.2. The van der Waals surface area contributed by atoms with Crippen molar-refractivity contribution in [2.75, 3.05) is 46.9 Å². The number of likely N-dealkylation sites (tertiary alicyclic amines) is 1. The van der Waals surface area contributed by atoms with Crippen LogP contribution in [0.1, 0.15) is 18.4 Å². The molecule has 1 N–H and O–H groups in total. The maximum absolute atomic E-state index is 13.5. The number of aromatic nitrogens is 1. The highest BCUT2D eigenvalue weighted by atomic mass is 19.1. The van der Waals surface area contributed by atoms with Crippen LogP contribution in [0.5, 0.6) is 5.75 Å². The van der Waals surface area contributed by atoms with Gasteiger partial charge >= 0.3 is 0 Å². The standard InChI is InChI=1S/C24H33FN4O2/c1-28(2)12-4-9-27-24(30)21-13-20(18-31-23-6-3-5-22(25)14-23)16-29(17-21)15-19-7-10-26-11-8-19/h3,5-8,10-11,14,20-21H,4,9,12-13,15-18H2,1-2H3,(H,27,30)/t20-,21+/m0/s1. The normalized spacial score (nSPS) is 19.4. The molecule has 1 saturated heterocycles. The lowest BCUT2D eigenvalue weighted by molar-refractivity contribution is -0.127. The molecular formula is C24H33FN4O2. The number of nitrogens with zero attached hydrogens (tertiary/aromatic N) is 3. The van der Waals surface area contributed by atoms with Gasteiger partial charge in [-0.15, -0.1) is 0 Å². The summed E-state index contributed by atoms with van der Waals surface area (Å²) in [7, 11) is 4.06. The predicted molar refractivity (Wildman–Crippen MR) is 119 cm³/mol. The van der Waals surface area contributed by atoms with Crippen molar-refractivity contribution in [3.8, 4) is 5.75 Å². The van der Waals surface area contributed by atoms with Crippen LogP contribution >= 0.6 is 0 Å². The van der Waals surface area contributed by atoms with Crippen LogP contribution in [-0.2, 0) is 11.3 Å². The van der Waals surface area contributed by atoms with Gasteiger partial charge < -0.3 is 15.0 Å². The van der Waals surface area contributed by atoms with Gasteiger partial charge in [0.05, 0.1) is 12.5 Å². The van der Waals surface area contributed by atoms with Crippen molar-refractivity contribution in [3.05, 3.63) is 60.2 Å². The van der Waals surface area contributed by atoms with Gasteiger partial charge in [0, 0.05) is 50.6 Å². The van der Waals surface area contributed by atoms with Crippen LogP contribution in [0.25, 0.3) is 0 Å². The van der Waals surface area contributed by atoms with Crippen molar-refractivity contribution in [3.63, 3.8) is 0 Å². The monoisotopic (exact) mass is 428 g/mol. The van der Waals surface area contributed by atoms with Gasteiger partial charge in [-0.2, -0.15) is 0 Å². The van der Waals surface area contributed by atoms with Crippen LogP contribution in [0.4, 0.5) is 4.39 Å². The van der Waals surface area contributed by atoms with E-state index in [9.17, 15) is 9.18 Å². The lowest BCUT2D eigenvalue weighted by Crippen LogP contribution is -2.47. The van der Waals surface area contributed by atoms with E-state index >= 15 is 0 Å². The maximum Gasteiger partial charge on any atom is 0.224 e. The zero-order chi connectivity index (χ0) is 22.1. The Bertz CT molecular complexity index is 818. The summed E-state index contributed by atoms with van der Waals surface area (Å²) in [6.07, 6.45) is 5.28. The van der Waals surface area contributed by atoms with Crippen molar-refractivity contribution in [1.29, 1.82) is 0 Å². The van der Waals surface area contributed by atoms with E-state index < -0.39 is 0 Å². The van der Waals surface area contributed by atoms with Gasteiger partial charge in [-0.3, -0.25) is 14.7 Å². The van der Waals surface area contributed by atoms with E-state index in [1.165, 1.54) is 17.7 Å². The average Bonchev–Trinajstić information content (AvgIpc) is 2.75. The van der Waals surface area contributed by atoms with E-state index in [1.54, 1.807) is 24.5 Å². The van der Waals surface area contributed by atoms with E-state index in [4.69, 9.17) is 4.74 Å². The lowest BCUT2D eigenvalue weighted by atomic mass is 9.88. The van der Waals surface area contributed by atoms with Crippen molar-refractivity contribution in [2.45, 2.75) is 19.4 Å². The lowest BCUT2D eigenvalue weighted by Gasteiger charge is -2.37. The number of carbonyl (C=O) groups excluding carboxylic acids is 1. The molecule has 0 spiro atoms. The fourth-order valence-corrected chi connectivity index (χ4v) is 4.01. The van der Waals surface area contributed by atoms with Crippen LogP contribution < -0.4 is 10.1 Å². The molecule has 0 radical (unpaired) electrons. The molecule has 1 aromatic carbocycles. The van der Waals surface area contributed by atoms with Gasteiger partial charge in [0.1, 0.15) is 11.6 Å². The first-order valence-electron chi connectivity index (χ1n) is 10.9. The number of rotatable bonds is 10. The third-order valence-electron chi connectivity index (χ3n) is 5.50. The predicted octanol–water partition coefficient (Wildman–Crippen LogP) is 2.81. The van der Waals surface area contributed by atoms with Crippen LogP contribution in [0, 0.1) is 17.7 Å². The summed E-state index contributed by atoms with van der Waals surface area (Å²) in [5.41, 5.74) is 1.17. The summed E-state index contributed by atoms with van der Waals surface area (Å²) in [6, 6.07) is 10.2. The fourth-order valence-electron chi connectivity index (χ4n) is 4.01. The Balaban J connectivity index is 1.59. The Morgan fingerprint density at radius 1 is 1.26 bits per heavy atom. The molecule has 2 aromatic rings. The number of halogens is 1. The molecule has 168 valence electrons. The minimum Gasteiger partial charge on any atom is -0.493 e. The van der Waals surface area contributed by atoms with E-state index in [0.717, 1.165) is 39.0 Å². The van der Waals surface area contributed by atoms with Crippen molar-refractivity contribution in [1.82, 2.24) is 20.1 Å². The Morgan fingerprint density at radius 2 is 2.06 bits per heavy atom. The topological polar surface area (TPSA) is 57.7 Å². The molecule has 31 heavy (non-hydrogen) atoms. The molecule has 2 atom stereocenters. The van der Waals surface area contributed by atoms with Crippen LogP contribution in [0.2, 0.25) is 0 Å². The highest BCUT2D eigenvalue weighted by molar-refractivity contribution is 5.79. The molecule has 1 aromatic heterocycles. The molecule has 6 nitrogen and oxygen atoms in total. The summed E-state index contributed by atoms with van der Waals surface area (Å²) >= 11 is 0. The number of piperidine rings is 1. The van der Waals surface area contributed by atoms with Crippen LogP contribution in [-0.4, -0.2) is 67.6 Å². The second-order valence-electron chi connectivity index (χ2n) is 8.56. The van der Waals surface area contributed by atoms with Crippen molar-refractivity contribution in [2.24, 2.45) is 11.8 Å². The zero-order valence-electron chi connectivity index (χ0n) is 18.5. The number of carbonyl (C=O) groups is 1. The molecule has 7 heteroatoms. The molecule has 2 heterocycles. The summed E-state index contributed by atoms with van der Waals surface area (Å²) in [5.74, 6) is 0.424. The fraction of sp³-hybridized carbons (Fsp3) is 0.500. The van der Waals surface area contributed by atoms with E-state index in [0.29, 0.717) is 18.9 Å². The van der Waals surface area contributed by atoms with Gasteiger partial charge in [-0.05, 0) is 63.3 Å². The largest absolute Gasteiger partial charge is 0.493 e. The van der Waals surface area contributed by atoms with Crippen molar-refractivity contribution < 1.29 is 13.9 Å². The molecule has 1 aliphatic rings. The molecule has 1 aliphatic heterocycles. The second kappa shape index (κ2) is 11.8. The van der Waals surface area contributed by atoms with E-state index in [2.05, 4.69) is 20.1 Å². The molecule has 1 amide bonds. The Kier molecular flexibility index (Phi) is 8.79. The maximum atomic E-state index is 13.5. The summed E-state index contributed by atoms with van der Waals surface area (Å²) < 4.78 is 19.3. The minimum atomic E-state index is -0.310. The van der Waals surface area contributed by atoms with Gasteiger partial charge in [0.2, 0.25) is 5.91 Å². The molecule has 0 bridgehead atoms. The number of ether oxygens (including phenoxy) is 1. The van der Waals surface area contributed by atoms with Crippen molar-refractivity contribution >= 4 is 5.91 Å². The summed E-state index contributed by atoms with van der Waals surface area (Å²) in [6.45, 7) is 4.41. The molecule has 0 unspecified atom stereocenters. The van der Waals surface area contributed by atoms with E-state index in [1.807, 2.05) is 26.2 Å². The molecule has 3 rings (SSSR count). The smallest absolute Gasteiger partial charge is 0.224 e. The van der Waals surface area contributed by atoms with E-state index in [-0.39, 0.29) is 23.6 Å². The number of benzene rings is 1. The Labute approximate surface area is 184 Å². The number of hydrogen-bond donors (Lipinski definition) is 1. The van der Waals surface area contributed by atoms with Gasteiger partial charge in [0.15, 0.2) is 0 Å². The Morgan fingerprint density at radius 3 is 2.81 bits per heavy atom. The zero-order valence-corrected chi connectivity index (χ0v) is 18.5. The summed E-state index contributed by atoms with van der Waals surface area (Å²) in [5, 5.41) is 3.10. The second-order valence-corrected chi connectivity index (χ2v) is 8.56. The summed E-state index contributed by atoms with van der Waals surface area (Å²) in [4.78, 5) is 21.4. The Hall–Kier alpha value is -2.51. The molecule has 0 aliphatic carbocycles. The minimum absolute atomic E-state index is 0.0870. The quantitative estimate of drug-likeness (QED) is 0.590. The van der Waals surface area contributed by atoms with Crippen LogP contribution in [0.3, 0.4) is 0 Å².